The fourth-order valence-electron chi connectivity index (χ4n) is 1.87. The molecule has 0 aliphatic carbocycles. The van der Waals surface area contributed by atoms with Crippen LogP contribution in [0.2, 0.25) is 0 Å². The molecule has 0 saturated carbocycles. The molecule has 2 aromatic rings. The van der Waals surface area contributed by atoms with Crippen LogP contribution in [0.25, 0.3) is 0 Å². The topological polar surface area (TPSA) is 43.8 Å². The molecule has 1 unspecified atom stereocenters. The number of halogens is 1. The summed E-state index contributed by atoms with van der Waals surface area (Å²) in [7, 11) is 0. The summed E-state index contributed by atoms with van der Waals surface area (Å²) in [6.07, 6.45) is 3.76. The van der Waals surface area contributed by atoms with Crippen molar-refractivity contribution in [2.24, 2.45) is 5.73 Å². The number of aromatic nitrogens is 2. The Morgan fingerprint density at radius 1 is 1.47 bits per heavy atom. The van der Waals surface area contributed by atoms with Crippen LogP contribution in [0.4, 0.5) is 4.39 Å². The lowest BCUT2D eigenvalue weighted by molar-refractivity contribution is 0.517. The fourth-order valence-corrected chi connectivity index (χ4v) is 1.87. The lowest BCUT2D eigenvalue weighted by atomic mass is 9.99. The van der Waals surface area contributed by atoms with Crippen molar-refractivity contribution in [2.75, 3.05) is 6.54 Å². The molecule has 0 aliphatic heterocycles. The highest BCUT2D eigenvalue weighted by atomic mass is 19.1. The Bertz CT molecular complexity index is 493. The molecule has 17 heavy (non-hydrogen) atoms. The van der Waals surface area contributed by atoms with Crippen molar-refractivity contribution in [3.63, 3.8) is 0 Å². The Morgan fingerprint density at radius 2 is 2.29 bits per heavy atom. The highest BCUT2D eigenvalue weighted by molar-refractivity contribution is 5.21. The van der Waals surface area contributed by atoms with Gasteiger partial charge in [0.15, 0.2) is 0 Å². The minimum atomic E-state index is -0.224. The second-order valence-electron chi connectivity index (χ2n) is 4.23. The van der Waals surface area contributed by atoms with E-state index in [9.17, 15) is 4.39 Å². The predicted octanol–water partition coefficient (Wildman–Crippen LogP) is 2.07. The first kappa shape index (κ1) is 11.8. The number of rotatable bonds is 4. The van der Waals surface area contributed by atoms with Crippen molar-refractivity contribution in [1.29, 1.82) is 0 Å². The number of nitrogens with zero attached hydrogens (tertiary/aromatic N) is 2. The molecule has 0 spiro atoms. The summed E-state index contributed by atoms with van der Waals surface area (Å²) >= 11 is 0. The molecular weight excluding hydrogens is 217 g/mol. The van der Waals surface area contributed by atoms with E-state index in [1.165, 1.54) is 12.1 Å². The normalized spacial score (nSPS) is 12.6. The maximum Gasteiger partial charge on any atom is 0.123 e. The van der Waals surface area contributed by atoms with Crippen LogP contribution in [0.15, 0.2) is 36.7 Å². The molecule has 0 fully saturated rings. The Balaban J connectivity index is 2.16. The van der Waals surface area contributed by atoms with Crippen molar-refractivity contribution in [2.45, 2.75) is 19.4 Å². The molecule has 1 atom stereocenters. The van der Waals surface area contributed by atoms with E-state index >= 15 is 0 Å². The zero-order chi connectivity index (χ0) is 12.3. The van der Waals surface area contributed by atoms with Crippen LogP contribution in [0.3, 0.4) is 0 Å². The maximum absolute atomic E-state index is 13.1. The highest BCUT2D eigenvalue weighted by Crippen LogP contribution is 2.17. The van der Waals surface area contributed by atoms with Gasteiger partial charge in [0.05, 0.1) is 6.20 Å². The second-order valence-corrected chi connectivity index (χ2v) is 4.23. The largest absolute Gasteiger partial charge is 0.330 e. The predicted molar refractivity (Wildman–Crippen MR) is 65.2 cm³/mol. The first-order valence-corrected chi connectivity index (χ1v) is 5.63. The Kier molecular flexibility index (Phi) is 3.54. The molecule has 90 valence electrons. The molecular formula is C13H16FN3. The average molecular weight is 233 g/mol. The van der Waals surface area contributed by atoms with Crippen molar-refractivity contribution in [3.05, 3.63) is 53.6 Å². The van der Waals surface area contributed by atoms with Gasteiger partial charge in [0.2, 0.25) is 0 Å². The zero-order valence-corrected chi connectivity index (χ0v) is 9.81. The molecule has 0 amide bonds. The minimum absolute atomic E-state index is 0.0880. The summed E-state index contributed by atoms with van der Waals surface area (Å²) in [6.45, 7) is 3.14. The van der Waals surface area contributed by atoms with Gasteiger partial charge in [-0.1, -0.05) is 12.1 Å². The monoisotopic (exact) mass is 233 g/mol. The number of benzene rings is 1. The second kappa shape index (κ2) is 5.10. The van der Waals surface area contributed by atoms with Crippen molar-refractivity contribution >= 4 is 0 Å². The molecule has 1 aromatic heterocycles. The van der Waals surface area contributed by atoms with Gasteiger partial charge in [-0.3, -0.25) is 4.68 Å². The summed E-state index contributed by atoms with van der Waals surface area (Å²) in [5.41, 5.74) is 7.77. The summed E-state index contributed by atoms with van der Waals surface area (Å²) in [6, 6.07) is 6.58. The van der Waals surface area contributed by atoms with Crippen LogP contribution in [-0.4, -0.2) is 16.3 Å². The summed E-state index contributed by atoms with van der Waals surface area (Å²) in [4.78, 5) is 0. The van der Waals surface area contributed by atoms with E-state index in [2.05, 4.69) is 5.10 Å². The molecule has 0 radical (unpaired) electrons. The van der Waals surface area contributed by atoms with E-state index in [-0.39, 0.29) is 11.7 Å². The smallest absolute Gasteiger partial charge is 0.123 e. The van der Waals surface area contributed by atoms with Gasteiger partial charge < -0.3 is 5.73 Å². The van der Waals surface area contributed by atoms with Crippen molar-refractivity contribution in [3.8, 4) is 0 Å². The first-order valence-electron chi connectivity index (χ1n) is 5.63. The van der Waals surface area contributed by atoms with Crippen molar-refractivity contribution < 1.29 is 4.39 Å². The van der Waals surface area contributed by atoms with E-state index < -0.39 is 0 Å². The standard InChI is InChI=1S/C13H16FN3/c1-10-7-16-17(8-10)9-12(6-15)11-3-2-4-13(14)5-11/h2-5,7-8,12H,6,9,15H2,1H3. The molecule has 0 bridgehead atoms. The minimum Gasteiger partial charge on any atom is -0.330 e. The van der Waals surface area contributed by atoms with Crippen molar-refractivity contribution in [1.82, 2.24) is 9.78 Å². The van der Waals surface area contributed by atoms with Crippen LogP contribution in [0.1, 0.15) is 17.0 Å². The van der Waals surface area contributed by atoms with E-state index in [4.69, 9.17) is 5.73 Å². The Hall–Kier alpha value is -1.68. The van der Waals surface area contributed by atoms with Gasteiger partial charge in [0.25, 0.3) is 0 Å². The number of nitrogens with two attached hydrogens (primary N) is 1. The van der Waals surface area contributed by atoms with Gasteiger partial charge in [-0.15, -0.1) is 0 Å². The van der Waals surface area contributed by atoms with Gasteiger partial charge in [0.1, 0.15) is 5.82 Å². The van der Waals surface area contributed by atoms with Gasteiger partial charge >= 0.3 is 0 Å². The van der Waals surface area contributed by atoms with E-state index in [1.54, 1.807) is 12.3 Å². The molecule has 4 heteroatoms. The molecule has 2 N–H and O–H groups in total. The van der Waals surface area contributed by atoms with Gasteiger partial charge in [-0.05, 0) is 30.2 Å². The summed E-state index contributed by atoms with van der Waals surface area (Å²) < 4.78 is 15.0. The Morgan fingerprint density at radius 3 is 2.88 bits per heavy atom. The third-order valence-corrected chi connectivity index (χ3v) is 2.77. The molecule has 0 saturated heterocycles. The molecule has 1 aromatic carbocycles. The van der Waals surface area contributed by atoms with Crippen LogP contribution in [-0.2, 0) is 6.54 Å². The van der Waals surface area contributed by atoms with E-state index in [0.717, 1.165) is 11.1 Å². The average Bonchev–Trinajstić information content (AvgIpc) is 2.72. The van der Waals surface area contributed by atoms with Gasteiger partial charge in [-0.2, -0.15) is 5.10 Å². The lowest BCUT2D eigenvalue weighted by Gasteiger charge is -2.15. The van der Waals surface area contributed by atoms with E-state index in [0.29, 0.717) is 13.1 Å². The molecule has 1 heterocycles. The van der Waals surface area contributed by atoms with Crippen LogP contribution in [0, 0.1) is 12.7 Å². The number of hydrogen-bond donors (Lipinski definition) is 1. The fraction of sp³-hybridized carbons (Fsp3) is 0.308. The maximum atomic E-state index is 13.1. The summed E-state index contributed by atoms with van der Waals surface area (Å²) in [5.74, 6) is -0.136. The highest BCUT2D eigenvalue weighted by Gasteiger charge is 2.11. The third-order valence-electron chi connectivity index (χ3n) is 2.77. The molecule has 0 aliphatic rings. The Labute approximate surface area is 100 Å². The summed E-state index contributed by atoms with van der Waals surface area (Å²) in [5, 5.41) is 4.22. The molecule has 3 nitrogen and oxygen atoms in total. The number of aryl methyl sites for hydroxylation is 1. The quantitative estimate of drug-likeness (QED) is 0.878. The van der Waals surface area contributed by atoms with Crippen LogP contribution >= 0.6 is 0 Å². The lowest BCUT2D eigenvalue weighted by Crippen LogP contribution is -2.18. The van der Waals surface area contributed by atoms with Gasteiger partial charge in [-0.25, -0.2) is 4.39 Å². The SMILES string of the molecule is Cc1cnn(CC(CN)c2cccc(F)c2)c1. The van der Waals surface area contributed by atoms with Gasteiger partial charge in [0, 0.05) is 25.2 Å². The number of hydrogen-bond acceptors (Lipinski definition) is 2. The van der Waals surface area contributed by atoms with E-state index in [1.807, 2.05) is 23.9 Å². The molecule has 2 rings (SSSR count). The third kappa shape index (κ3) is 2.91. The zero-order valence-electron chi connectivity index (χ0n) is 9.81. The van der Waals surface area contributed by atoms with Crippen LogP contribution in [0.5, 0.6) is 0 Å². The first-order chi connectivity index (χ1) is 8.19. The van der Waals surface area contributed by atoms with Crippen LogP contribution < -0.4 is 5.73 Å².